The van der Waals surface area contributed by atoms with Gasteiger partial charge in [0.05, 0.1) is 26.6 Å². The van der Waals surface area contributed by atoms with Crippen molar-refractivity contribution in [1.82, 2.24) is 0 Å². The van der Waals surface area contributed by atoms with Crippen molar-refractivity contribution in [3.8, 4) is 11.1 Å². The fraction of sp³-hybridized carbons (Fsp3) is 0.0769. The molecule has 2 aliphatic rings. The van der Waals surface area contributed by atoms with Crippen molar-refractivity contribution < 1.29 is 26.7 Å². The molecule has 0 bridgehead atoms. The van der Waals surface area contributed by atoms with Crippen LogP contribution < -0.4 is 26.5 Å². The topological polar surface area (TPSA) is 34.1 Å². The van der Waals surface area contributed by atoms with Crippen LogP contribution >= 0.6 is 14.3 Å². The normalized spacial score (nSPS) is 16.9. The second kappa shape index (κ2) is 15.2. The van der Waals surface area contributed by atoms with E-state index in [1.165, 1.54) is 60.7 Å². The quantitative estimate of drug-likeness (QED) is 0.0868. The van der Waals surface area contributed by atoms with Gasteiger partial charge in [0.25, 0.3) is 0 Å². The number of rotatable bonds is 8. The van der Waals surface area contributed by atoms with Gasteiger partial charge < -0.3 is 9.13 Å². The van der Waals surface area contributed by atoms with Gasteiger partial charge in [-0.3, -0.25) is 0 Å². The number of hydrogen-bond donors (Lipinski definition) is 0. The highest BCUT2D eigenvalue weighted by atomic mass is 31.2. The molecule has 7 aromatic rings. The SMILES string of the molecule is C=C/C(F)=C(\C=C/C)P(=O)(c1ccc2c(c1)C1(c3ccccc3CCc3ccc(P(=O)(c4ccccc4F)c4ccccc4F)cc31)c1ccccc1-2)c1ccccc1F. The maximum atomic E-state index is 16.1. The standard InChI is InChI=1S/C52H38F4O2P2/c1-3-15-48(44(53)4-2)59(57,49-23-12-9-20-45(49)54)37-30-31-39-38-17-6-8-19-41(38)52(43(39)33-37)40-18-7-5-16-34(40)26-27-35-28-29-36(32-42(35)52)60(58,50-24-13-10-21-46(50)55)51-25-14-11-22-47(51)56/h3-25,28-33H,2,26-27H2,1H3/b15-3-,48-44-. The van der Waals surface area contributed by atoms with E-state index in [9.17, 15) is 0 Å². The average Bonchev–Trinajstić information content (AvgIpc) is 3.48. The van der Waals surface area contributed by atoms with E-state index in [0.717, 1.165) is 45.0 Å². The molecule has 2 unspecified atom stereocenters. The number of aryl methyl sites for hydroxylation is 2. The first kappa shape index (κ1) is 39.4. The zero-order valence-corrected chi connectivity index (χ0v) is 34.4. The van der Waals surface area contributed by atoms with E-state index < -0.39 is 43.0 Å². The first-order valence-electron chi connectivity index (χ1n) is 19.7. The van der Waals surface area contributed by atoms with Crippen LogP contribution in [0.1, 0.15) is 40.3 Å². The minimum Gasteiger partial charge on any atom is -0.308 e. The Morgan fingerprint density at radius 2 is 1.07 bits per heavy atom. The van der Waals surface area contributed by atoms with Gasteiger partial charge in [-0.15, -0.1) is 0 Å². The van der Waals surface area contributed by atoms with Crippen LogP contribution in [0.15, 0.2) is 194 Å². The van der Waals surface area contributed by atoms with E-state index in [1.54, 1.807) is 43.3 Å². The molecule has 0 radical (unpaired) electrons. The maximum Gasteiger partial charge on any atom is 0.176 e. The van der Waals surface area contributed by atoms with Crippen molar-refractivity contribution in [3.05, 3.63) is 245 Å². The third-order valence-corrected chi connectivity index (χ3v) is 18.2. The van der Waals surface area contributed by atoms with Crippen LogP contribution in [0.4, 0.5) is 17.6 Å². The molecule has 0 aromatic heterocycles. The Labute approximate surface area is 347 Å². The van der Waals surface area contributed by atoms with Crippen LogP contribution in [0.25, 0.3) is 11.1 Å². The van der Waals surface area contributed by atoms with Crippen molar-refractivity contribution in [2.45, 2.75) is 25.2 Å². The summed E-state index contributed by atoms with van der Waals surface area (Å²) < 4.78 is 96.2. The summed E-state index contributed by atoms with van der Waals surface area (Å²) >= 11 is 0. The first-order chi connectivity index (χ1) is 29.1. The zero-order chi connectivity index (χ0) is 41.8. The molecule has 60 heavy (non-hydrogen) atoms. The van der Waals surface area contributed by atoms with Gasteiger partial charge in [-0.2, -0.15) is 0 Å². The highest BCUT2D eigenvalue weighted by Crippen LogP contribution is 2.61. The van der Waals surface area contributed by atoms with E-state index >= 15 is 26.7 Å². The molecule has 7 aromatic carbocycles. The minimum atomic E-state index is -4.32. The number of allylic oxidation sites excluding steroid dienone is 5. The molecular weight excluding hydrogens is 795 g/mol. The minimum absolute atomic E-state index is 0.119. The van der Waals surface area contributed by atoms with Crippen molar-refractivity contribution >= 4 is 40.8 Å². The summed E-state index contributed by atoms with van der Waals surface area (Å²) in [6, 6.07) is 44.2. The highest BCUT2D eigenvalue weighted by Gasteiger charge is 2.51. The molecule has 0 heterocycles. The molecule has 0 fully saturated rings. The summed E-state index contributed by atoms with van der Waals surface area (Å²) in [5.41, 5.74) is 5.74. The Kier molecular flexibility index (Phi) is 9.98. The number of benzene rings is 7. The van der Waals surface area contributed by atoms with Crippen molar-refractivity contribution in [2.24, 2.45) is 0 Å². The Morgan fingerprint density at radius 3 is 1.68 bits per heavy atom. The Balaban J connectivity index is 1.43. The maximum absolute atomic E-state index is 16.1. The number of fused-ring (bicyclic) bond motifs is 9. The molecule has 0 saturated heterocycles. The third-order valence-electron chi connectivity index (χ3n) is 12.0. The smallest absolute Gasteiger partial charge is 0.176 e. The van der Waals surface area contributed by atoms with Gasteiger partial charge in [-0.05, 0) is 119 Å². The molecule has 2 aliphatic carbocycles. The molecule has 1 spiro atoms. The van der Waals surface area contributed by atoms with E-state index in [2.05, 4.69) is 18.7 Å². The lowest BCUT2D eigenvalue weighted by atomic mass is 9.66. The van der Waals surface area contributed by atoms with Crippen LogP contribution in [0.3, 0.4) is 0 Å². The van der Waals surface area contributed by atoms with Crippen LogP contribution in [-0.2, 0) is 27.4 Å². The van der Waals surface area contributed by atoms with Gasteiger partial charge in [0.15, 0.2) is 14.3 Å². The summed E-state index contributed by atoms with van der Waals surface area (Å²) in [5.74, 6) is -3.03. The van der Waals surface area contributed by atoms with Gasteiger partial charge in [0, 0.05) is 10.6 Å². The number of hydrogen-bond acceptors (Lipinski definition) is 2. The van der Waals surface area contributed by atoms with E-state index in [0.29, 0.717) is 18.4 Å². The van der Waals surface area contributed by atoms with Crippen molar-refractivity contribution in [2.75, 3.05) is 0 Å². The Bertz CT molecular complexity index is 3010. The second-order valence-corrected chi connectivity index (χ2v) is 20.4. The molecule has 9 rings (SSSR count). The van der Waals surface area contributed by atoms with Gasteiger partial charge in [-0.1, -0.05) is 128 Å². The Hall–Kier alpha value is -6.06. The predicted octanol–water partition coefficient (Wildman–Crippen LogP) is 11.5. The summed E-state index contributed by atoms with van der Waals surface area (Å²) in [6.07, 6.45) is 5.19. The summed E-state index contributed by atoms with van der Waals surface area (Å²) in [7, 11) is -8.56. The van der Waals surface area contributed by atoms with Gasteiger partial charge >= 0.3 is 0 Å². The monoisotopic (exact) mass is 832 g/mol. The summed E-state index contributed by atoms with van der Waals surface area (Å²) in [5, 5.41) is -0.155. The second-order valence-electron chi connectivity index (χ2n) is 15.0. The molecule has 2 atom stereocenters. The van der Waals surface area contributed by atoms with Crippen LogP contribution in [0.2, 0.25) is 0 Å². The first-order valence-corrected chi connectivity index (χ1v) is 23.1. The van der Waals surface area contributed by atoms with Crippen LogP contribution in [-0.4, -0.2) is 0 Å². The lowest BCUT2D eigenvalue weighted by Crippen LogP contribution is -2.34. The average molecular weight is 833 g/mol. The molecule has 0 amide bonds. The van der Waals surface area contributed by atoms with E-state index in [1.807, 2.05) is 60.7 Å². The molecular formula is C52H38F4O2P2. The van der Waals surface area contributed by atoms with E-state index in [-0.39, 0.29) is 31.8 Å². The number of halogens is 4. The largest absolute Gasteiger partial charge is 0.308 e. The van der Waals surface area contributed by atoms with E-state index in [4.69, 9.17) is 0 Å². The predicted molar refractivity (Wildman–Crippen MR) is 237 cm³/mol. The lowest BCUT2D eigenvalue weighted by Gasteiger charge is -2.36. The fourth-order valence-corrected chi connectivity index (χ4v) is 15.0. The Morgan fingerprint density at radius 1 is 0.567 bits per heavy atom. The van der Waals surface area contributed by atoms with Crippen LogP contribution in [0, 0.1) is 17.5 Å². The summed E-state index contributed by atoms with van der Waals surface area (Å²) in [6.45, 7) is 5.31. The highest BCUT2D eigenvalue weighted by molar-refractivity contribution is 7.85. The third kappa shape index (κ3) is 5.76. The van der Waals surface area contributed by atoms with Crippen LogP contribution in [0.5, 0.6) is 0 Å². The fourth-order valence-electron chi connectivity index (χ4n) is 9.42. The van der Waals surface area contributed by atoms with Gasteiger partial charge in [-0.25, -0.2) is 17.6 Å². The zero-order valence-electron chi connectivity index (χ0n) is 32.6. The molecule has 2 nitrogen and oxygen atoms in total. The molecule has 296 valence electrons. The molecule has 0 aliphatic heterocycles. The van der Waals surface area contributed by atoms with Crippen molar-refractivity contribution in [3.63, 3.8) is 0 Å². The van der Waals surface area contributed by atoms with Gasteiger partial charge in [0.1, 0.15) is 23.3 Å². The van der Waals surface area contributed by atoms with Gasteiger partial charge in [0.2, 0.25) is 0 Å². The van der Waals surface area contributed by atoms with Crippen molar-refractivity contribution in [1.29, 1.82) is 0 Å². The molecule has 0 N–H and O–H groups in total. The molecule has 8 heteroatoms. The lowest BCUT2D eigenvalue weighted by molar-refractivity contribution is 0.584. The summed E-state index contributed by atoms with van der Waals surface area (Å²) in [4.78, 5) is 0. The molecule has 0 saturated carbocycles.